The number of halogens is 1. The van der Waals surface area contributed by atoms with Crippen molar-refractivity contribution in [3.63, 3.8) is 0 Å². The fourth-order valence-corrected chi connectivity index (χ4v) is 1.29. The van der Waals surface area contributed by atoms with E-state index in [4.69, 9.17) is 4.74 Å². The van der Waals surface area contributed by atoms with Crippen molar-refractivity contribution >= 4 is 11.7 Å². The first-order valence-corrected chi connectivity index (χ1v) is 5.39. The molecule has 92 valence electrons. The van der Waals surface area contributed by atoms with Crippen LogP contribution in [0.2, 0.25) is 0 Å². The Hall–Kier alpha value is -1.84. The van der Waals surface area contributed by atoms with Gasteiger partial charge in [0.2, 0.25) is 0 Å². The molecule has 0 fully saturated rings. The van der Waals surface area contributed by atoms with E-state index >= 15 is 0 Å². The summed E-state index contributed by atoms with van der Waals surface area (Å²) < 4.78 is 17.8. The monoisotopic (exact) mass is 237 g/mol. The molecular weight excluding hydrogens is 221 g/mol. The van der Waals surface area contributed by atoms with Gasteiger partial charge in [0.25, 0.3) is 0 Å². The van der Waals surface area contributed by atoms with Crippen LogP contribution < -0.4 is 5.32 Å². The minimum Gasteiger partial charge on any atom is -0.463 e. The molecule has 0 aliphatic heterocycles. The van der Waals surface area contributed by atoms with E-state index in [1.807, 2.05) is 6.92 Å². The number of esters is 1. The summed E-state index contributed by atoms with van der Waals surface area (Å²) in [4.78, 5) is 11.3. The first-order valence-electron chi connectivity index (χ1n) is 5.39. The molecule has 0 atom stereocenters. The predicted molar refractivity (Wildman–Crippen MR) is 65.4 cm³/mol. The SMILES string of the molecule is C=C(CNc1cc(F)ccc1C)C(=O)OCC. The number of rotatable bonds is 5. The van der Waals surface area contributed by atoms with Gasteiger partial charge < -0.3 is 10.1 Å². The highest BCUT2D eigenvalue weighted by Gasteiger charge is 2.08. The lowest BCUT2D eigenvalue weighted by Crippen LogP contribution is -2.15. The Morgan fingerprint density at radius 1 is 1.53 bits per heavy atom. The fourth-order valence-electron chi connectivity index (χ4n) is 1.29. The minimum absolute atomic E-state index is 0.239. The molecule has 3 nitrogen and oxygen atoms in total. The van der Waals surface area contributed by atoms with Gasteiger partial charge in [0.1, 0.15) is 5.82 Å². The molecule has 0 saturated heterocycles. The first-order chi connectivity index (χ1) is 8.04. The van der Waals surface area contributed by atoms with Gasteiger partial charge in [-0.1, -0.05) is 12.6 Å². The highest BCUT2D eigenvalue weighted by atomic mass is 19.1. The van der Waals surface area contributed by atoms with Crippen molar-refractivity contribution in [1.29, 1.82) is 0 Å². The van der Waals surface area contributed by atoms with Crippen molar-refractivity contribution in [2.45, 2.75) is 13.8 Å². The zero-order valence-electron chi connectivity index (χ0n) is 10.0. The number of carbonyl (C=O) groups is 1. The van der Waals surface area contributed by atoms with Crippen molar-refractivity contribution in [2.24, 2.45) is 0 Å². The summed E-state index contributed by atoms with van der Waals surface area (Å²) >= 11 is 0. The van der Waals surface area contributed by atoms with Crippen LogP contribution in [0.4, 0.5) is 10.1 Å². The Balaban J connectivity index is 2.58. The summed E-state index contributed by atoms with van der Waals surface area (Å²) in [6, 6.07) is 4.44. The molecule has 0 radical (unpaired) electrons. The highest BCUT2D eigenvalue weighted by Crippen LogP contribution is 2.16. The van der Waals surface area contributed by atoms with Gasteiger partial charge in [0.15, 0.2) is 0 Å². The van der Waals surface area contributed by atoms with Crippen LogP contribution in [0.25, 0.3) is 0 Å². The number of benzene rings is 1. The lowest BCUT2D eigenvalue weighted by molar-refractivity contribution is -0.138. The van der Waals surface area contributed by atoms with Crippen molar-refractivity contribution in [2.75, 3.05) is 18.5 Å². The van der Waals surface area contributed by atoms with E-state index in [1.54, 1.807) is 13.0 Å². The number of hydrogen-bond acceptors (Lipinski definition) is 3. The van der Waals surface area contributed by atoms with E-state index in [0.717, 1.165) is 5.56 Å². The van der Waals surface area contributed by atoms with Crippen molar-refractivity contribution in [1.82, 2.24) is 0 Å². The van der Waals surface area contributed by atoms with E-state index in [9.17, 15) is 9.18 Å². The summed E-state index contributed by atoms with van der Waals surface area (Å²) in [7, 11) is 0. The Labute approximate surface area is 100 Å². The predicted octanol–water partition coefficient (Wildman–Crippen LogP) is 2.67. The standard InChI is InChI=1S/C13H16FNO2/c1-4-17-13(16)10(3)8-15-12-7-11(14)6-5-9(12)2/h5-7,15H,3-4,8H2,1-2H3. The molecule has 0 amide bonds. The number of anilines is 1. The van der Waals surface area contributed by atoms with Crippen LogP contribution in [0.5, 0.6) is 0 Å². The molecule has 0 saturated carbocycles. The Morgan fingerprint density at radius 3 is 2.88 bits per heavy atom. The normalized spacial score (nSPS) is 9.82. The fraction of sp³-hybridized carbons (Fsp3) is 0.308. The molecule has 4 heteroatoms. The van der Waals surface area contributed by atoms with Gasteiger partial charge in [-0.15, -0.1) is 0 Å². The largest absolute Gasteiger partial charge is 0.463 e. The van der Waals surface area contributed by atoms with Crippen LogP contribution in [0.3, 0.4) is 0 Å². The van der Waals surface area contributed by atoms with Gasteiger partial charge in [-0.3, -0.25) is 0 Å². The summed E-state index contributed by atoms with van der Waals surface area (Å²) in [6.07, 6.45) is 0. The highest BCUT2D eigenvalue weighted by molar-refractivity contribution is 5.88. The Morgan fingerprint density at radius 2 is 2.24 bits per heavy atom. The Bertz CT molecular complexity index is 429. The molecule has 0 spiro atoms. The molecule has 0 aromatic heterocycles. The minimum atomic E-state index is -0.436. The van der Waals surface area contributed by atoms with E-state index in [0.29, 0.717) is 17.9 Å². The third-order valence-electron chi connectivity index (χ3n) is 2.26. The van der Waals surface area contributed by atoms with Crippen molar-refractivity contribution in [3.05, 3.63) is 41.7 Å². The van der Waals surface area contributed by atoms with Crippen molar-refractivity contribution < 1.29 is 13.9 Å². The lowest BCUT2D eigenvalue weighted by Gasteiger charge is -2.10. The third kappa shape index (κ3) is 3.90. The maximum absolute atomic E-state index is 13.0. The van der Waals surface area contributed by atoms with E-state index < -0.39 is 5.97 Å². The molecule has 1 rings (SSSR count). The molecule has 0 aliphatic rings. The lowest BCUT2D eigenvalue weighted by atomic mass is 10.2. The molecule has 0 heterocycles. The molecule has 1 aromatic carbocycles. The van der Waals surface area contributed by atoms with Gasteiger partial charge in [-0.05, 0) is 31.5 Å². The molecule has 17 heavy (non-hydrogen) atoms. The van der Waals surface area contributed by atoms with Gasteiger partial charge in [-0.2, -0.15) is 0 Å². The zero-order chi connectivity index (χ0) is 12.8. The molecule has 1 aromatic rings. The van der Waals surface area contributed by atoms with Crippen LogP contribution in [-0.2, 0) is 9.53 Å². The molecule has 1 N–H and O–H groups in total. The number of hydrogen-bond donors (Lipinski definition) is 1. The summed E-state index contributed by atoms with van der Waals surface area (Å²) in [5, 5.41) is 2.95. The first kappa shape index (κ1) is 13.2. The molecule has 0 unspecified atom stereocenters. The summed E-state index contributed by atoms with van der Waals surface area (Å²) in [5.74, 6) is -0.756. The number of carbonyl (C=O) groups excluding carboxylic acids is 1. The molecule has 0 bridgehead atoms. The number of nitrogens with one attached hydrogen (secondary N) is 1. The van der Waals surface area contributed by atoms with Crippen LogP contribution in [0, 0.1) is 12.7 Å². The second-order valence-corrected chi connectivity index (χ2v) is 3.64. The zero-order valence-corrected chi connectivity index (χ0v) is 10.0. The van der Waals surface area contributed by atoms with Gasteiger partial charge in [0.05, 0.1) is 6.61 Å². The smallest absolute Gasteiger partial charge is 0.335 e. The molecule has 0 aliphatic carbocycles. The maximum Gasteiger partial charge on any atom is 0.335 e. The van der Waals surface area contributed by atoms with E-state index in [1.165, 1.54) is 12.1 Å². The van der Waals surface area contributed by atoms with E-state index in [-0.39, 0.29) is 12.4 Å². The van der Waals surface area contributed by atoms with Crippen LogP contribution in [0.1, 0.15) is 12.5 Å². The van der Waals surface area contributed by atoms with Crippen LogP contribution in [-0.4, -0.2) is 19.1 Å². The maximum atomic E-state index is 13.0. The topological polar surface area (TPSA) is 38.3 Å². The van der Waals surface area contributed by atoms with Gasteiger partial charge >= 0.3 is 5.97 Å². The average Bonchev–Trinajstić information content (AvgIpc) is 2.30. The summed E-state index contributed by atoms with van der Waals surface area (Å²) in [6.45, 7) is 7.75. The summed E-state index contributed by atoms with van der Waals surface area (Å²) in [5.41, 5.74) is 1.87. The third-order valence-corrected chi connectivity index (χ3v) is 2.26. The van der Waals surface area contributed by atoms with Gasteiger partial charge in [-0.25, -0.2) is 9.18 Å². The Kier molecular flexibility index (Phi) is 4.69. The number of ether oxygens (including phenoxy) is 1. The second kappa shape index (κ2) is 6.03. The van der Waals surface area contributed by atoms with Gasteiger partial charge in [0, 0.05) is 17.8 Å². The molecular formula is C13H16FNO2. The quantitative estimate of drug-likeness (QED) is 0.632. The second-order valence-electron chi connectivity index (χ2n) is 3.64. The average molecular weight is 237 g/mol. The van der Waals surface area contributed by atoms with Crippen molar-refractivity contribution in [3.8, 4) is 0 Å². The van der Waals surface area contributed by atoms with Crippen LogP contribution in [0.15, 0.2) is 30.4 Å². The van der Waals surface area contributed by atoms with Crippen LogP contribution >= 0.6 is 0 Å². The van der Waals surface area contributed by atoms with E-state index in [2.05, 4.69) is 11.9 Å². The number of aryl methyl sites for hydroxylation is 1.